The van der Waals surface area contributed by atoms with Gasteiger partial charge >= 0.3 is 5.97 Å². The summed E-state index contributed by atoms with van der Waals surface area (Å²) in [5.41, 5.74) is 1.59. The van der Waals surface area contributed by atoms with Gasteiger partial charge in [0, 0.05) is 28.4 Å². The number of ether oxygens (including phenoxy) is 1. The molecule has 6 nitrogen and oxygen atoms in total. The molecule has 0 aliphatic rings. The van der Waals surface area contributed by atoms with Crippen LogP contribution in [0.4, 0.5) is 0 Å². The van der Waals surface area contributed by atoms with E-state index in [1.807, 2.05) is 22.9 Å². The van der Waals surface area contributed by atoms with Crippen molar-refractivity contribution >= 4 is 50.6 Å². The average Bonchev–Trinajstić information content (AvgIpc) is 3.42. The van der Waals surface area contributed by atoms with Gasteiger partial charge in [-0.1, -0.05) is 17.8 Å². The van der Waals surface area contributed by atoms with E-state index < -0.39 is 5.97 Å². The molecular weight excluding hydrogens is 416 g/mol. The molecule has 0 bridgehead atoms. The first-order chi connectivity index (χ1) is 13.5. The molecule has 0 saturated carbocycles. The van der Waals surface area contributed by atoms with Crippen LogP contribution in [0.3, 0.4) is 0 Å². The number of thioether (sulfide) groups is 1. The second-order valence-electron chi connectivity index (χ2n) is 6.07. The molecule has 4 rings (SSSR count). The molecule has 0 aromatic carbocycles. The van der Waals surface area contributed by atoms with Crippen molar-refractivity contribution in [3.8, 4) is 10.4 Å². The Labute approximate surface area is 172 Å². The van der Waals surface area contributed by atoms with Crippen molar-refractivity contribution in [2.45, 2.75) is 17.8 Å². The fraction of sp³-hybridized carbons (Fsp3) is 0.211. The third-order valence-electron chi connectivity index (χ3n) is 4.24. The van der Waals surface area contributed by atoms with Gasteiger partial charge in [-0.05, 0) is 24.4 Å². The van der Waals surface area contributed by atoms with Crippen LogP contribution in [0.25, 0.3) is 20.7 Å². The van der Waals surface area contributed by atoms with Crippen LogP contribution >= 0.6 is 34.4 Å². The Morgan fingerprint density at radius 1 is 1.39 bits per heavy atom. The summed E-state index contributed by atoms with van der Waals surface area (Å²) in [7, 11) is 3.04. The predicted octanol–water partition coefficient (Wildman–Crippen LogP) is 4.70. The van der Waals surface area contributed by atoms with Crippen molar-refractivity contribution in [1.29, 1.82) is 0 Å². The van der Waals surface area contributed by atoms with Gasteiger partial charge in [0.25, 0.3) is 5.56 Å². The number of fused-ring (bicyclic) bond motifs is 1. The van der Waals surface area contributed by atoms with E-state index in [-0.39, 0.29) is 11.3 Å². The van der Waals surface area contributed by atoms with E-state index in [2.05, 4.69) is 4.98 Å². The van der Waals surface area contributed by atoms with E-state index in [9.17, 15) is 9.59 Å². The number of esters is 1. The van der Waals surface area contributed by atoms with Crippen LogP contribution in [0, 0.1) is 6.92 Å². The number of furan rings is 1. The minimum atomic E-state index is -0.500. The monoisotopic (exact) mass is 432 g/mol. The predicted molar refractivity (Wildman–Crippen MR) is 113 cm³/mol. The standard InChI is InChI=1S/C19H16N2O4S3/c1-10-7-11(25-15(10)18(23)24-3)8-28-19-20-16-14(17(22)21(19)2)12(9-27-16)13-5-4-6-26-13/h4-7,9H,8H2,1-3H3. The summed E-state index contributed by atoms with van der Waals surface area (Å²) in [5, 5.41) is 5.24. The molecule has 4 aromatic heterocycles. The lowest BCUT2D eigenvalue weighted by molar-refractivity contribution is 0.0562. The number of hydrogen-bond donors (Lipinski definition) is 0. The Hall–Kier alpha value is -2.36. The molecule has 4 heterocycles. The number of rotatable bonds is 5. The topological polar surface area (TPSA) is 74.3 Å². The van der Waals surface area contributed by atoms with Crippen LogP contribution in [0.2, 0.25) is 0 Å². The van der Waals surface area contributed by atoms with Crippen molar-refractivity contribution in [3.63, 3.8) is 0 Å². The van der Waals surface area contributed by atoms with Gasteiger partial charge in [-0.2, -0.15) is 0 Å². The minimum Gasteiger partial charge on any atom is -0.463 e. The molecule has 9 heteroatoms. The first-order valence-electron chi connectivity index (χ1n) is 8.32. The fourth-order valence-corrected chi connectivity index (χ4v) is 5.50. The highest BCUT2D eigenvalue weighted by atomic mass is 32.2. The molecule has 28 heavy (non-hydrogen) atoms. The third kappa shape index (κ3) is 3.30. The third-order valence-corrected chi connectivity index (χ3v) is 7.07. The van der Waals surface area contributed by atoms with Gasteiger partial charge in [0.1, 0.15) is 10.6 Å². The number of carbonyl (C=O) groups is 1. The first kappa shape index (κ1) is 19.0. The molecule has 4 aromatic rings. The maximum absolute atomic E-state index is 13.0. The van der Waals surface area contributed by atoms with Crippen LogP contribution in [0.15, 0.2) is 43.3 Å². The molecule has 0 amide bonds. The highest BCUT2D eigenvalue weighted by Gasteiger charge is 2.19. The molecule has 0 fully saturated rings. The van der Waals surface area contributed by atoms with Gasteiger partial charge in [0.15, 0.2) is 5.16 Å². The van der Waals surface area contributed by atoms with Gasteiger partial charge in [-0.25, -0.2) is 9.78 Å². The zero-order valence-electron chi connectivity index (χ0n) is 15.3. The Morgan fingerprint density at radius 2 is 2.21 bits per heavy atom. The molecule has 144 valence electrons. The zero-order chi connectivity index (χ0) is 19.8. The normalized spacial score (nSPS) is 11.2. The van der Waals surface area contributed by atoms with Crippen molar-refractivity contribution < 1.29 is 13.9 Å². The highest BCUT2D eigenvalue weighted by molar-refractivity contribution is 7.98. The highest BCUT2D eigenvalue weighted by Crippen LogP contribution is 2.34. The van der Waals surface area contributed by atoms with Crippen molar-refractivity contribution in [3.05, 3.63) is 56.4 Å². The summed E-state index contributed by atoms with van der Waals surface area (Å²) in [6.07, 6.45) is 0. The first-order valence-corrected chi connectivity index (χ1v) is 11.1. The number of hydrogen-bond acceptors (Lipinski definition) is 8. The van der Waals surface area contributed by atoms with Crippen molar-refractivity contribution in [2.24, 2.45) is 7.05 Å². The number of methoxy groups -OCH3 is 1. The van der Waals surface area contributed by atoms with E-state index in [1.54, 1.807) is 35.9 Å². The number of thiophene rings is 2. The lowest BCUT2D eigenvalue weighted by atomic mass is 10.2. The van der Waals surface area contributed by atoms with Crippen LogP contribution in [-0.2, 0) is 17.5 Å². The molecule has 0 aliphatic carbocycles. The molecule has 0 N–H and O–H groups in total. The summed E-state index contributed by atoms with van der Waals surface area (Å²) in [4.78, 5) is 31.1. The van der Waals surface area contributed by atoms with Gasteiger partial charge in [0.05, 0.1) is 18.2 Å². The van der Waals surface area contributed by atoms with Gasteiger partial charge in [-0.15, -0.1) is 22.7 Å². The van der Waals surface area contributed by atoms with E-state index in [1.165, 1.54) is 30.2 Å². The Balaban J connectivity index is 1.64. The van der Waals surface area contributed by atoms with E-state index in [4.69, 9.17) is 9.15 Å². The van der Waals surface area contributed by atoms with Gasteiger partial charge in [0.2, 0.25) is 5.76 Å². The maximum atomic E-state index is 13.0. The smallest absolute Gasteiger partial charge is 0.374 e. The summed E-state index contributed by atoms with van der Waals surface area (Å²) >= 11 is 4.47. The van der Waals surface area contributed by atoms with E-state index >= 15 is 0 Å². The Kier molecular flexibility index (Phi) is 5.13. The van der Waals surface area contributed by atoms with Crippen LogP contribution in [0.5, 0.6) is 0 Å². The van der Waals surface area contributed by atoms with Crippen LogP contribution < -0.4 is 5.56 Å². The van der Waals surface area contributed by atoms with Crippen LogP contribution in [0.1, 0.15) is 21.9 Å². The molecule has 0 radical (unpaired) electrons. The SMILES string of the molecule is COC(=O)c1oc(CSc2nc3scc(-c4cccs4)c3c(=O)n2C)cc1C. The summed E-state index contributed by atoms with van der Waals surface area (Å²) in [6, 6.07) is 5.78. The summed E-state index contributed by atoms with van der Waals surface area (Å²) in [5.74, 6) is 0.782. The number of nitrogens with zero attached hydrogens (tertiary/aromatic N) is 2. The fourth-order valence-electron chi connectivity index (χ4n) is 2.85. The Bertz CT molecular complexity index is 1220. The molecular formula is C19H16N2O4S3. The quantitative estimate of drug-likeness (QED) is 0.258. The maximum Gasteiger partial charge on any atom is 0.374 e. The zero-order valence-corrected chi connectivity index (χ0v) is 17.8. The van der Waals surface area contributed by atoms with E-state index in [0.29, 0.717) is 22.1 Å². The Morgan fingerprint density at radius 3 is 2.93 bits per heavy atom. The number of aromatic nitrogens is 2. The minimum absolute atomic E-state index is 0.0666. The summed E-state index contributed by atoms with van der Waals surface area (Å²) in [6.45, 7) is 1.79. The van der Waals surface area contributed by atoms with Crippen molar-refractivity contribution in [2.75, 3.05) is 7.11 Å². The van der Waals surface area contributed by atoms with E-state index in [0.717, 1.165) is 20.8 Å². The second-order valence-corrected chi connectivity index (χ2v) is 8.82. The van der Waals surface area contributed by atoms with Gasteiger partial charge in [-0.3, -0.25) is 9.36 Å². The molecule has 0 spiro atoms. The molecule has 0 atom stereocenters. The molecule has 0 aliphatic heterocycles. The average molecular weight is 433 g/mol. The lowest BCUT2D eigenvalue weighted by Gasteiger charge is -2.06. The number of carbonyl (C=O) groups excluding carboxylic acids is 1. The van der Waals surface area contributed by atoms with Crippen LogP contribution in [-0.4, -0.2) is 22.6 Å². The van der Waals surface area contributed by atoms with Gasteiger partial charge < -0.3 is 9.15 Å². The lowest BCUT2D eigenvalue weighted by Crippen LogP contribution is -2.19. The molecule has 0 unspecified atom stereocenters. The second kappa shape index (κ2) is 7.57. The molecule has 0 saturated heterocycles. The summed E-state index contributed by atoms with van der Waals surface area (Å²) < 4.78 is 11.9. The number of aryl methyl sites for hydroxylation is 1. The van der Waals surface area contributed by atoms with Crippen molar-refractivity contribution in [1.82, 2.24) is 9.55 Å². The largest absolute Gasteiger partial charge is 0.463 e.